The summed E-state index contributed by atoms with van der Waals surface area (Å²) in [6.45, 7) is 12.3. The molecule has 0 radical (unpaired) electrons. The van der Waals surface area contributed by atoms with Crippen LogP contribution < -0.4 is 5.32 Å². The van der Waals surface area contributed by atoms with Crippen molar-refractivity contribution in [3.8, 4) is 0 Å². The first-order valence-electron chi connectivity index (χ1n) is 13.3. The Labute approximate surface area is 209 Å². The zero-order valence-corrected chi connectivity index (χ0v) is 22.1. The number of carbonyl (C=O) groups excluding carboxylic acids is 2. The molecular weight excluding hydrogens is 444 g/mol. The van der Waals surface area contributed by atoms with Crippen LogP contribution in [0.2, 0.25) is 0 Å². The predicted octanol–water partition coefficient (Wildman–Crippen LogP) is 6.11. The molecule has 4 rings (SSSR count). The molecule has 7 heteroatoms. The van der Waals surface area contributed by atoms with Crippen LogP contribution in [0.5, 0.6) is 0 Å². The van der Waals surface area contributed by atoms with Crippen LogP contribution in [0.3, 0.4) is 0 Å². The Morgan fingerprint density at radius 3 is 2.43 bits per heavy atom. The van der Waals surface area contributed by atoms with Crippen molar-refractivity contribution in [3.05, 3.63) is 23.5 Å². The van der Waals surface area contributed by atoms with E-state index in [-0.39, 0.29) is 40.8 Å². The van der Waals surface area contributed by atoms with E-state index >= 15 is 0 Å². The summed E-state index contributed by atoms with van der Waals surface area (Å²) in [5.74, 6) is 1.87. The van der Waals surface area contributed by atoms with Gasteiger partial charge >= 0.3 is 12.2 Å². The second-order valence-electron chi connectivity index (χ2n) is 12.2. The van der Waals surface area contributed by atoms with Gasteiger partial charge in [0.05, 0.1) is 0 Å². The van der Waals surface area contributed by atoms with Crippen molar-refractivity contribution < 1.29 is 24.2 Å². The fraction of sp³-hybridized carbons (Fsp3) is 0.750. The Bertz CT molecular complexity index is 953. The normalized spacial score (nSPS) is 35.9. The van der Waals surface area contributed by atoms with Crippen molar-refractivity contribution >= 4 is 18.1 Å². The minimum atomic E-state index is -1.25. The lowest BCUT2D eigenvalue weighted by molar-refractivity contribution is -0.140. The molecule has 0 bridgehead atoms. The lowest BCUT2D eigenvalue weighted by Gasteiger charge is -2.57. The number of fused-ring (bicyclic) bond motifs is 5. The summed E-state index contributed by atoms with van der Waals surface area (Å²) in [6, 6.07) is -0.490. The molecule has 2 saturated carbocycles. The molecule has 0 spiro atoms. The molecule has 3 amide bonds. The maximum absolute atomic E-state index is 13.8. The Morgan fingerprint density at radius 2 is 1.80 bits per heavy atom. The van der Waals surface area contributed by atoms with E-state index in [2.05, 4.69) is 25.2 Å². The van der Waals surface area contributed by atoms with Gasteiger partial charge in [0.25, 0.3) is 0 Å². The highest BCUT2D eigenvalue weighted by molar-refractivity contribution is 5.96. The van der Waals surface area contributed by atoms with Crippen molar-refractivity contribution in [1.82, 2.24) is 10.2 Å². The number of nitrogens with zero attached hydrogens (tertiary/aromatic N) is 1. The smallest absolute Gasteiger partial charge is 0.449 e. The second-order valence-corrected chi connectivity index (χ2v) is 12.2. The van der Waals surface area contributed by atoms with Gasteiger partial charge in [0.15, 0.2) is 0 Å². The number of nitrogens with one attached hydrogen (secondary N) is 1. The van der Waals surface area contributed by atoms with Crippen molar-refractivity contribution in [3.63, 3.8) is 0 Å². The SMILES string of the molecule is CC(C)NC(=O)N(C(=O)[C@H]1CC[C@H]2[C@@H]3CC=C4C=C(OC(=O)O)CC[C@]4(C)[C@H]3CC[C@]12C)C(C)C. The summed E-state index contributed by atoms with van der Waals surface area (Å²) in [5, 5.41) is 11.9. The van der Waals surface area contributed by atoms with Crippen molar-refractivity contribution in [2.75, 3.05) is 0 Å². The molecule has 0 aromatic heterocycles. The van der Waals surface area contributed by atoms with Gasteiger partial charge < -0.3 is 15.2 Å². The number of carboxylic acid groups (broad SMARTS) is 1. The second kappa shape index (κ2) is 9.29. The van der Waals surface area contributed by atoms with Crippen molar-refractivity contribution in [1.29, 1.82) is 0 Å². The zero-order valence-electron chi connectivity index (χ0n) is 22.1. The van der Waals surface area contributed by atoms with Crippen LogP contribution in [-0.4, -0.2) is 40.2 Å². The van der Waals surface area contributed by atoms with Crippen LogP contribution in [-0.2, 0) is 9.53 Å². The average molecular weight is 487 g/mol. The molecule has 0 heterocycles. The Kier molecular flexibility index (Phi) is 6.84. The van der Waals surface area contributed by atoms with E-state index < -0.39 is 6.16 Å². The number of imide groups is 1. The Hall–Kier alpha value is -2.31. The fourth-order valence-corrected chi connectivity index (χ4v) is 7.97. The predicted molar refractivity (Wildman–Crippen MR) is 133 cm³/mol. The first kappa shape index (κ1) is 25.8. The molecule has 4 aliphatic carbocycles. The van der Waals surface area contributed by atoms with Crippen LogP contribution in [0.25, 0.3) is 0 Å². The Morgan fingerprint density at radius 1 is 1.09 bits per heavy atom. The number of ether oxygens (including phenoxy) is 1. The molecule has 7 nitrogen and oxygen atoms in total. The van der Waals surface area contributed by atoms with Gasteiger partial charge in [0.2, 0.25) is 5.91 Å². The van der Waals surface area contributed by atoms with Gasteiger partial charge in [-0.2, -0.15) is 0 Å². The highest BCUT2D eigenvalue weighted by Gasteiger charge is 2.60. The highest BCUT2D eigenvalue weighted by Crippen LogP contribution is 2.66. The lowest BCUT2D eigenvalue weighted by atomic mass is 9.48. The van der Waals surface area contributed by atoms with Crippen LogP contribution in [0, 0.1) is 34.5 Å². The van der Waals surface area contributed by atoms with Crippen molar-refractivity contribution in [2.24, 2.45) is 34.5 Å². The Balaban J connectivity index is 1.57. The number of urea groups is 1. The maximum Gasteiger partial charge on any atom is 0.511 e. The third kappa shape index (κ3) is 4.40. The summed E-state index contributed by atoms with van der Waals surface area (Å²) >= 11 is 0. The minimum absolute atomic E-state index is 0.0127. The summed E-state index contributed by atoms with van der Waals surface area (Å²) < 4.78 is 4.99. The van der Waals surface area contributed by atoms with E-state index in [0.29, 0.717) is 29.9 Å². The quantitative estimate of drug-likeness (QED) is 0.468. The van der Waals surface area contributed by atoms with E-state index in [1.165, 1.54) is 10.5 Å². The molecule has 0 aromatic rings. The molecule has 194 valence electrons. The molecule has 0 unspecified atom stereocenters. The molecule has 0 aromatic carbocycles. The van der Waals surface area contributed by atoms with E-state index in [9.17, 15) is 14.4 Å². The molecule has 0 aliphatic heterocycles. The van der Waals surface area contributed by atoms with Crippen LogP contribution in [0.4, 0.5) is 9.59 Å². The van der Waals surface area contributed by atoms with E-state index in [1.54, 1.807) is 0 Å². The molecule has 2 N–H and O–H groups in total. The van der Waals surface area contributed by atoms with Crippen LogP contribution >= 0.6 is 0 Å². The van der Waals surface area contributed by atoms with Crippen molar-refractivity contribution in [2.45, 2.75) is 98.6 Å². The number of amides is 3. The summed E-state index contributed by atoms with van der Waals surface area (Å²) in [5.41, 5.74) is 1.12. The summed E-state index contributed by atoms with van der Waals surface area (Å²) in [4.78, 5) is 39.2. The van der Waals surface area contributed by atoms with Gasteiger partial charge in [-0.3, -0.25) is 9.69 Å². The van der Waals surface area contributed by atoms with Gasteiger partial charge in [-0.05, 0) is 106 Å². The van der Waals surface area contributed by atoms with Crippen LogP contribution in [0.15, 0.2) is 23.5 Å². The number of allylic oxidation sites excluding steroid dienone is 4. The van der Waals surface area contributed by atoms with E-state index in [1.807, 2.05) is 33.8 Å². The first-order valence-corrected chi connectivity index (χ1v) is 13.3. The summed E-state index contributed by atoms with van der Waals surface area (Å²) in [7, 11) is 0. The highest BCUT2D eigenvalue weighted by atomic mass is 16.7. The third-order valence-corrected chi connectivity index (χ3v) is 9.63. The first-order chi connectivity index (χ1) is 16.4. The molecule has 4 aliphatic rings. The molecule has 2 fully saturated rings. The van der Waals surface area contributed by atoms with Crippen LogP contribution in [0.1, 0.15) is 86.5 Å². The van der Waals surface area contributed by atoms with E-state index in [4.69, 9.17) is 9.84 Å². The van der Waals surface area contributed by atoms with Gasteiger partial charge in [0, 0.05) is 24.4 Å². The van der Waals surface area contributed by atoms with E-state index in [0.717, 1.165) is 38.5 Å². The summed E-state index contributed by atoms with van der Waals surface area (Å²) in [6.07, 6.45) is 9.38. The standard InChI is InChI=1S/C28H42N2O5/c1-16(2)29-25(32)30(17(3)4)24(31)23-10-9-21-20-8-7-18-15-19(35-26(33)34)11-13-27(18,5)22(20)12-14-28(21,23)6/h7,15-17,20-23H,8-14H2,1-6H3,(H,29,32)(H,33,34)/t20-,21-,22-,23+,27-,28-/m0/s1. The number of rotatable bonds is 4. The number of hydrogen-bond donors (Lipinski definition) is 2. The number of hydrogen-bond acceptors (Lipinski definition) is 4. The molecule has 35 heavy (non-hydrogen) atoms. The molecular formula is C28H42N2O5. The van der Waals surface area contributed by atoms with Gasteiger partial charge in [-0.25, -0.2) is 9.59 Å². The zero-order chi connectivity index (χ0) is 25.7. The third-order valence-electron chi connectivity index (χ3n) is 9.63. The van der Waals surface area contributed by atoms with Gasteiger partial charge in [-0.1, -0.05) is 19.9 Å². The molecule has 0 saturated heterocycles. The average Bonchev–Trinajstić information content (AvgIpc) is 3.10. The minimum Gasteiger partial charge on any atom is -0.449 e. The number of carbonyl (C=O) groups is 3. The molecule has 6 atom stereocenters. The monoisotopic (exact) mass is 486 g/mol. The lowest BCUT2D eigenvalue weighted by Crippen LogP contribution is -2.55. The largest absolute Gasteiger partial charge is 0.511 e. The maximum atomic E-state index is 13.8. The van der Waals surface area contributed by atoms with Gasteiger partial charge in [0.1, 0.15) is 5.76 Å². The fourth-order valence-electron chi connectivity index (χ4n) is 7.97. The van der Waals surface area contributed by atoms with Gasteiger partial charge in [-0.15, -0.1) is 0 Å². The topological polar surface area (TPSA) is 95.9 Å².